The predicted molar refractivity (Wildman–Crippen MR) is 89.7 cm³/mol. The van der Waals surface area contributed by atoms with Gasteiger partial charge < -0.3 is 24.8 Å². The molecule has 0 saturated heterocycles. The van der Waals surface area contributed by atoms with Gasteiger partial charge in [0.05, 0.1) is 0 Å². The molecule has 0 aromatic carbocycles. The van der Waals surface area contributed by atoms with E-state index in [4.69, 9.17) is 0 Å². The van der Waals surface area contributed by atoms with Gasteiger partial charge in [0.2, 0.25) is 0 Å². The van der Waals surface area contributed by atoms with Crippen molar-refractivity contribution in [2.24, 2.45) is 11.8 Å². The van der Waals surface area contributed by atoms with Crippen LogP contribution in [0.3, 0.4) is 0 Å². The molecule has 0 aromatic rings. The Morgan fingerprint density at radius 3 is 1.39 bits per heavy atom. The summed E-state index contributed by atoms with van der Waals surface area (Å²) in [6.45, 7) is 14.2. The average Bonchev–Trinajstić information content (AvgIpc) is 3.02. The van der Waals surface area contributed by atoms with Gasteiger partial charge in [-0.25, -0.2) is 0 Å². The van der Waals surface area contributed by atoms with E-state index in [9.17, 15) is 0 Å². The van der Waals surface area contributed by atoms with Crippen molar-refractivity contribution in [3.05, 3.63) is 41.0 Å². The Balaban J connectivity index is 0.00000242. The van der Waals surface area contributed by atoms with Crippen LogP contribution >= 0.6 is 0 Å². The summed E-state index contributed by atoms with van der Waals surface area (Å²) in [6, 6.07) is 0. The first-order valence-electron chi connectivity index (χ1n) is 8.61. The smallest absolute Gasteiger partial charge is 1.00 e. The summed E-state index contributed by atoms with van der Waals surface area (Å²) in [5.74, 6) is 1.40. The van der Waals surface area contributed by atoms with Gasteiger partial charge in [-0.15, -0.1) is 0 Å². The first-order valence-corrected chi connectivity index (χ1v) is 11.1. The predicted octanol–water partition coefficient (Wildman–Crippen LogP) is 0.377. The van der Waals surface area contributed by atoms with Crippen molar-refractivity contribution in [3.8, 4) is 0 Å². The second-order valence-electron chi connectivity index (χ2n) is 6.83. The van der Waals surface area contributed by atoms with Crippen molar-refractivity contribution in [3.63, 3.8) is 0 Å². The minimum atomic E-state index is -0.644. The number of allylic oxidation sites excluding steroid dienone is 8. The molecule has 0 saturated carbocycles. The normalized spacial score (nSPS) is 17.2. The molecule has 0 N–H and O–H groups in total. The fourth-order valence-electron chi connectivity index (χ4n) is 3.42. The number of hydrogen-bond acceptors (Lipinski definition) is 0. The van der Waals surface area contributed by atoms with Crippen molar-refractivity contribution in [1.29, 1.82) is 0 Å². The van der Waals surface area contributed by atoms with Crippen LogP contribution in [-0.2, 0) is 23.2 Å². The molecule has 0 fully saturated rings. The molecule has 2 rings (SSSR count). The van der Waals surface area contributed by atoms with Crippen LogP contribution in [0.2, 0.25) is 0 Å². The van der Waals surface area contributed by atoms with Gasteiger partial charge in [-0.2, -0.15) is 0 Å². The average molecular weight is 433 g/mol. The molecule has 0 bridgehead atoms. The third-order valence-corrected chi connectivity index (χ3v) is 9.16. The molecule has 0 spiro atoms. The van der Waals surface area contributed by atoms with Gasteiger partial charge in [0.15, 0.2) is 0 Å². The fraction of sp³-hybridized carbons (Fsp3) is 0.600. The van der Waals surface area contributed by atoms with E-state index in [2.05, 4.69) is 53.7 Å². The molecule has 0 atom stereocenters. The van der Waals surface area contributed by atoms with Crippen molar-refractivity contribution < 1.29 is 48.0 Å². The molecule has 0 heterocycles. The maximum atomic E-state index is 2.53. The largest absolute Gasteiger partial charge is 1.00 e. The SMILES string of the molecule is CCC1=[C]([Zr+2][C]2=C(CC)CC=C2C(C)C)C(C(C)C)=CC1.[Cl-].[Cl-]. The maximum absolute atomic E-state index is 2.53. The Morgan fingerprint density at radius 1 is 0.783 bits per heavy atom. The van der Waals surface area contributed by atoms with Crippen LogP contribution in [0.5, 0.6) is 0 Å². The molecule has 0 radical (unpaired) electrons. The molecular formula is C20H30Cl2Zr. The molecule has 0 nitrogen and oxygen atoms in total. The summed E-state index contributed by atoms with van der Waals surface area (Å²) in [5, 5.41) is 0. The van der Waals surface area contributed by atoms with Crippen LogP contribution in [0.1, 0.15) is 67.2 Å². The van der Waals surface area contributed by atoms with E-state index in [1.807, 2.05) is 6.56 Å². The molecular weight excluding hydrogens is 402 g/mol. The van der Waals surface area contributed by atoms with E-state index in [0.717, 1.165) is 0 Å². The second-order valence-corrected chi connectivity index (χ2v) is 9.90. The molecule has 2 aliphatic carbocycles. The van der Waals surface area contributed by atoms with Gasteiger partial charge >= 0.3 is 143 Å². The Labute approximate surface area is 167 Å². The van der Waals surface area contributed by atoms with Gasteiger partial charge in [0.1, 0.15) is 0 Å². The summed E-state index contributed by atoms with van der Waals surface area (Å²) < 4.78 is 3.68. The monoisotopic (exact) mass is 430 g/mol. The van der Waals surface area contributed by atoms with Gasteiger partial charge in [-0.3, -0.25) is 0 Å². The number of rotatable bonds is 6. The molecule has 23 heavy (non-hydrogen) atoms. The van der Waals surface area contributed by atoms with E-state index >= 15 is 0 Å². The molecule has 0 unspecified atom stereocenters. The zero-order valence-corrected chi connectivity index (χ0v) is 19.4. The molecule has 128 valence electrons. The Kier molecular flexibility index (Phi) is 10.6. The molecule has 0 amide bonds. The molecule has 0 aliphatic heterocycles. The summed E-state index contributed by atoms with van der Waals surface area (Å²) in [6.07, 6.45) is 10.0. The first-order chi connectivity index (χ1) is 9.99. The Bertz CT molecular complexity index is 486. The molecule has 2 aliphatic rings. The zero-order valence-electron chi connectivity index (χ0n) is 15.4. The summed E-state index contributed by atoms with van der Waals surface area (Å²) in [4.78, 5) is 0. The van der Waals surface area contributed by atoms with Crippen LogP contribution in [0, 0.1) is 11.8 Å². The van der Waals surface area contributed by atoms with E-state index < -0.39 is 23.2 Å². The van der Waals surface area contributed by atoms with E-state index in [1.165, 1.54) is 25.7 Å². The van der Waals surface area contributed by atoms with E-state index in [-0.39, 0.29) is 24.8 Å². The number of halogens is 2. The minimum Gasteiger partial charge on any atom is -1.00 e. The van der Waals surface area contributed by atoms with E-state index in [0.29, 0.717) is 11.8 Å². The van der Waals surface area contributed by atoms with Crippen LogP contribution < -0.4 is 24.8 Å². The topological polar surface area (TPSA) is 0 Å². The van der Waals surface area contributed by atoms with Crippen LogP contribution in [0.4, 0.5) is 0 Å². The third-order valence-electron chi connectivity index (χ3n) is 4.77. The summed E-state index contributed by atoms with van der Waals surface area (Å²) in [5.41, 5.74) is 6.89. The van der Waals surface area contributed by atoms with Crippen LogP contribution in [0.15, 0.2) is 41.0 Å². The van der Waals surface area contributed by atoms with Crippen LogP contribution in [0.25, 0.3) is 0 Å². The molecule has 0 aromatic heterocycles. The second kappa shape index (κ2) is 10.4. The number of hydrogen-bond donors (Lipinski definition) is 0. The van der Waals surface area contributed by atoms with Crippen molar-refractivity contribution in [1.82, 2.24) is 0 Å². The van der Waals surface area contributed by atoms with Gasteiger partial charge in [0.25, 0.3) is 0 Å². The van der Waals surface area contributed by atoms with Gasteiger partial charge in [0, 0.05) is 0 Å². The summed E-state index contributed by atoms with van der Waals surface area (Å²) >= 11 is -0.644. The summed E-state index contributed by atoms with van der Waals surface area (Å²) in [7, 11) is 0. The first kappa shape index (κ1) is 23.4. The molecule has 3 heteroatoms. The Morgan fingerprint density at radius 2 is 1.13 bits per heavy atom. The zero-order chi connectivity index (χ0) is 15.6. The maximum Gasteiger partial charge on any atom is -1.00 e. The fourth-order valence-corrected chi connectivity index (χ4v) is 8.90. The van der Waals surface area contributed by atoms with Crippen LogP contribution in [-0.4, -0.2) is 0 Å². The van der Waals surface area contributed by atoms with Gasteiger partial charge in [-0.05, 0) is 0 Å². The standard InChI is InChI=1S/2C10H15.2ClH.Zr/c2*1-4-9-5-6-10(7-9)8(2)3;;;/h2*6,8H,4-5H2,1-3H3;2*1H;/q;;;;+2/p-2. The van der Waals surface area contributed by atoms with Gasteiger partial charge in [-0.1, -0.05) is 0 Å². The van der Waals surface area contributed by atoms with Crippen molar-refractivity contribution >= 4 is 0 Å². The quantitative estimate of drug-likeness (QED) is 0.569. The third kappa shape index (κ3) is 5.20. The minimum absolute atomic E-state index is 0. The van der Waals surface area contributed by atoms with Crippen molar-refractivity contribution in [2.45, 2.75) is 67.2 Å². The van der Waals surface area contributed by atoms with E-state index in [1.54, 1.807) is 22.3 Å². The van der Waals surface area contributed by atoms with Crippen molar-refractivity contribution in [2.75, 3.05) is 0 Å². The Hall–Kier alpha value is 0.423.